The smallest absolute Gasteiger partial charge is 0.308 e. The van der Waals surface area contributed by atoms with Gasteiger partial charge in [0, 0.05) is 6.04 Å². The van der Waals surface area contributed by atoms with Gasteiger partial charge in [-0.15, -0.1) is 0 Å². The second-order valence-electron chi connectivity index (χ2n) is 4.95. The monoisotopic (exact) mass is 211 g/mol. The summed E-state index contributed by atoms with van der Waals surface area (Å²) in [6.45, 7) is 4.36. The van der Waals surface area contributed by atoms with Gasteiger partial charge in [0.1, 0.15) is 0 Å². The maximum absolute atomic E-state index is 11.2. The second-order valence-corrected chi connectivity index (χ2v) is 4.95. The van der Waals surface area contributed by atoms with Crippen LogP contribution in [0, 0.1) is 11.8 Å². The summed E-state index contributed by atoms with van der Waals surface area (Å²) >= 11 is 0. The quantitative estimate of drug-likeness (QED) is 0.773. The first-order chi connectivity index (χ1) is 7.24. The summed E-state index contributed by atoms with van der Waals surface area (Å²) < 4.78 is 0. The number of carbonyl (C=O) groups is 1. The number of carboxylic acids is 1. The SMILES string of the molecule is CCCN1CCC[C@H](C(=O)O)[C@H]1C1CC1. The zero-order chi connectivity index (χ0) is 10.8. The Labute approximate surface area is 91.5 Å². The molecule has 2 fully saturated rings. The predicted octanol–water partition coefficient (Wildman–Crippen LogP) is 1.97. The summed E-state index contributed by atoms with van der Waals surface area (Å²) in [4.78, 5) is 13.7. The molecule has 1 saturated carbocycles. The number of hydrogen-bond donors (Lipinski definition) is 1. The Kier molecular flexibility index (Phi) is 3.29. The molecule has 1 saturated heterocycles. The fourth-order valence-corrected chi connectivity index (χ4v) is 2.97. The number of aliphatic carboxylic acids is 1. The van der Waals surface area contributed by atoms with Crippen LogP contribution in [0.2, 0.25) is 0 Å². The summed E-state index contributed by atoms with van der Waals surface area (Å²) in [5.41, 5.74) is 0. The van der Waals surface area contributed by atoms with Crippen molar-refractivity contribution in [2.24, 2.45) is 11.8 Å². The number of nitrogens with zero attached hydrogens (tertiary/aromatic N) is 1. The number of piperidine rings is 1. The molecule has 1 aliphatic heterocycles. The molecule has 0 radical (unpaired) electrons. The lowest BCUT2D eigenvalue weighted by Gasteiger charge is -2.39. The van der Waals surface area contributed by atoms with Gasteiger partial charge < -0.3 is 5.11 Å². The van der Waals surface area contributed by atoms with E-state index in [1.54, 1.807) is 0 Å². The summed E-state index contributed by atoms with van der Waals surface area (Å²) in [6, 6.07) is 0.344. The number of hydrogen-bond acceptors (Lipinski definition) is 2. The van der Waals surface area contributed by atoms with Crippen molar-refractivity contribution in [3.05, 3.63) is 0 Å². The van der Waals surface area contributed by atoms with E-state index in [1.165, 1.54) is 12.8 Å². The lowest BCUT2D eigenvalue weighted by atomic mass is 9.86. The Morgan fingerprint density at radius 3 is 2.67 bits per heavy atom. The van der Waals surface area contributed by atoms with Crippen molar-refractivity contribution in [3.8, 4) is 0 Å². The molecule has 1 aliphatic carbocycles. The van der Waals surface area contributed by atoms with E-state index in [1.807, 2.05) is 0 Å². The average Bonchev–Trinajstić information content (AvgIpc) is 3.01. The largest absolute Gasteiger partial charge is 0.481 e. The van der Waals surface area contributed by atoms with Crippen LogP contribution in [0.15, 0.2) is 0 Å². The van der Waals surface area contributed by atoms with Gasteiger partial charge in [0.25, 0.3) is 0 Å². The van der Waals surface area contributed by atoms with Crippen LogP contribution in [-0.4, -0.2) is 35.1 Å². The summed E-state index contributed by atoms with van der Waals surface area (Å²) in [7, 11) is 0. The van der Waals surface area contributed by atoms with Crippen LogP contribution in [0.25, 0.3) is 0 Å². The Morgan fingerprint density at radius 1 is 1.40 bits per heavy atom. The number of likely N-dealkylation sites (tertiary alicyclic amines) is 1. The molecule has 15 heavy (non-hydrogen) atoms. The summed E-state index contributed by atoms with van der Waals surface area (Å²) in [5.74, 6) is 0.00320. The van der Waals surface area contributed by atoms with Crippen LogP contribution < -0.4 is 0 Å². The third-order valence-corrected chi connectivity index (χ3v) is 3.73. The van der Waals surface area contributed by atoms with Crippen LogP contribution in [0.4, 0.5) is 0 Å². The maximum atomic E-state index is 11.2. The first-order valence-electron chi connectivity index (χ1n) is 6.21. The lowest BCUT2D eigenvalue weighted by molar-refractivity contribution is -0.146. The van der Waals surface area contributed by atoms with Crippen LogP contribution in [0.5, 0.6) is 0 Å². The molecule has 0 spiro atoms. The van der Waals surface area contributed by atoms with E-state index in [0.717, 1.165) is 32.4 Å². The fourth-order valence-electron chi connectivity index (χ4n) is 2.97. The first-order valence-corrected chi connectivity index (χ1v) is 6.21. The summed E-state index contributed by atoms with van der Waals surface area (Å²) in [6.07, 6.45) is 5.57. The minimum atomic E-state index is -0.576. The van der Waals surface area contributed by atoms with E-state index in [0.29, 0.717) is 12.0 Å². The zero-order valence-electron chi connectivity index (χ0n) is 9.48. The van der Waals surface area contributed by atoms with Gasteiger partial charge in [-0.05, 0) is 51.1 Å². The molecule has 1 heterocycles. The molecular formula is C12H21NO2. The highest BCUT2D eigenvalue weighted by Gasteiger charge is 2.44. The van der Waals surface area contributed by atoms with Crippen LogP contribution in [0.3, 0.4) is 0 Å². The van der Waals surface area contributed by atoms with Gasteiger partial charge in [-0.3, -0.25) is 9.69 Å². The molecule has 86 valence electrons. The first kappa shape index (κ1) is 10.9. The number of rotatable bonds is 4. The minimum absolute atomic E-state index is 0.0993. The third-order valence-electron chi connectivity index (χ3n) is 3.73. The van der Waals surface area contributed by atoms with Gasteiger partial charge in [-0.2, -0.15) is 0 Å². The molecule has 0 unspecified atom stereocenters. The fraction of sp³-hybridized carbons (Fsp3) is 0.917. The normalized spacial score (nSPS) is 32.9. The maximum Gasteiger partial charge on any atom is 0.308 e. The van der Waals surface area contributed by atoms with Crippen LogP contribution in [-0.2, 0) is 4.79 Å². The topological polar surface area (TPSA) is 40.5 Å². The van der Waals surface area contributed by atoms with Gasteiger partial charge in [-0.25, -0.2) is 0 Å². The van der Waals surface area contributed by atoms with Gasteiger partial charge in [0.2, 0.25) is 0 Å². The van der Waals surface area contributed by atoms with Crippen molar-refractivity contribution in [1.82, 2.24) is 4.90 Å². The summed E-state index contributed by atoms with van der Waals surface area (Å²) in [5, 5.41) is 9.24. The standard InChI is InChI=1S/C12H21NO2/c1-2-7-13-8-3-4-10(12(14)15)11(13)9-5-6-9/h9-11H,2-8H2,1H3,(H,14,15)/t10-,11+/m0/s1. The van der Waals surface area contributed by atoms with Gasteiger partial charge in [-0.1, -0.05) is 6.92 Å². The highest BCUT2D eigenvalue weighted by atomic mass is 16.4. The molecule has 0 aromatic carbocycles. The highest BCUT2D eigenvalue weighted by molar-refractivity contribution is 5.71. The Morgan fingerprint density at radius 2 is 2.13 bits per heavy atom. The molecule has 3 nitrogen and oxygen atoms in total. The van der Waals surface area contributed by atoms with Crippen LogP contribution >= 0.6 is 0 Å². The molecular weight excluding hydrogens is 190 g/mol. The predicted molar refractivity (Wildman–Crippen MR) is 58.7 cm³/mol. The van der Waals surface area contributed by atoms with E-state index in [4.69, 9.17) is 0 Å². The highest BCUT2D eigenvalue weighted by Crippen LogP contribution is 2.42. The Bertz CT molecular complexity index is 236. The molecule has 2 rings (SSSR count). The molecule has 2 aliphatic rings. The number of carboxylic acid groups (broad SMARTS) is 1. The van der Waals surface area contributed by atoms with E-state index >= 15 is 0 Å². The third kappa shape index (κ3) is 2.33. The van der Waals surface area contributed by atoms with Gasteiger partial charge in [0.15, 0.2) is 0 Å². The van der Waals surface area contributed by atoms with Gasteiger partial charge >= 0.3 is 5.97 Å². The zero-order valence-corrected chi connectivity index (χ0v) is 9.48. The average molecular weight is 211 g/mol. The molecule has 1 N–H and O–H groups in total. The molecule has 0 aromatic heterocycles. The van der Waals surface area contributed by atoms with Gasteiger partial charge in [0.05, 0.1) is 5.92 Å². The van der Waals surface area contributed by atoms with Crippen molar-refractivity contribution in [2.75, 3.05) is 13.1 Å². The van der Waals surface area contributed by atoms with Crippen molar-refractivity contribution < 1.29 is 9.90 Å². The molecule has 3 heteroatoms. The van der Waals surface area contributed by atoms with Crippen molar-refractivity contribution in [1.29, 1.82) is 0 Å². The van der Waals surface area contributed by atoms with E-state index in [9.17, 15) is 9.90 Å². The van der Waals surface area contributed by atoms with Crippen molar-refractivity contribution in [2.45, 2.75) is 45.1 Å². The molecule has 0 aromatic rings. The molecule has 2 atom stereocenters. The Hall–Kier alpha value is -0.570. The Balaban J connectivity index is 2.06. The van der Waals surface area contributed by atoms with Crippen molar-refractivity contribution in [3.63, 3.8) is 0 Å². The van der Waals surface area contributed by atoms with E-state index in [2.05, 4.69) is 11.8 Å². The van der Waals surface area contributed by atoms with E-state index in [-0.39, 0.29) is 5.92 Å². The lowest BCUT2D eigenvalue weighted by Crippen LogP contribution is -2.49. The molecule has 0 bridgehead atoms. The van der Waals surface area contributed by atoms with E-state index < -0.39 is 5.97 Å². The van der Waals surface area contributed by atoms with Crippen molar-refractivity contribution >= 4 is 5.97 Å². The second kappa shape index (κ2) is 4.52. The minimum Gasteiger partial charge on any atom is -0.481 e. The molecule has 0 amide bonds. The van der Waals surface area contributed by atoms with Crippen LogP contribution in [0.1, 0.15) is 39.0 Å².